The van der Waals surface area contributed by atoms with E-state index in [0.29, 0.717) is 25.0 Å². The molecule has 0 aliphatic rings. The third kappa shape index (κ3) is 6.74. The van der Waals surface area contributed by atoms with Gasteiger partial charge in [-0.1, -0.05) is 6.92 Å². The smallest absolute Gasteiger partial charge is 0.332 e. The maximum absolute atomic E-state index is 10.6. The molecular weight excluding hydrogens is 212 g/mol. The third-order valence-corrected chi connectivity index (χ3v) is 2.12. The lowest BCUT2D eigenvalue weighted by atomic mass is 10.1. The van der Waals surface area contributed by atoms with Gasteiger partial charge in [-0.2, -0.15) is 5.10 Å². The monoisotopic (exact) mass is 230 g/mol. The molecule has 0 saturated carbocycles. The molecule has 7 heteroatoms. The summed E-state index contributed by atoms with van der Waals surface area (Å²) in [7, 11) is 0. The molecule has 0 unspecified atom stereocenters. The second-order valence-corrected chi connectivity index (χ2v) is 3.59. The minimum absolute atomic E-state index is 0.266. The van der Waals surface area contributed by atoms with E-state index in [9.17, 15) is 14.9 Å². The van der Waals surface area contributed by atoms with Crippen LogP contribution in [0.5, 0.6) is 0 Å². The van der Waals surface area contributed by atoms with Crippen LogP contribution in [0.15, 0.2) is 5.10 Å². The van der Waals surface area contributed by atoms with Crippen LogP contribution >= 0.6 is 0 Å². The summed E-state index contributed by atoms with van der Waals surface area (Å²) in [6.45, 7) is 3.60. The molecule has 16 heavy (non-hydrogen) atoms. The lowest BCUT2D eigenvalue weighted by Crippen LogP contribution is -2.26. The zero-order valence-corrected chi connectivity index (χ0v) is 9.60. The predicted molar refractivity (Wildman–Crippen MR) is 60.8 cm³/mol. The Kier molecular flexibility index (Phi) is 6.82. The molecule has 0 aromatic rings. The minimum Gasteiger partial charge on any atom is -0.350 e. The number of hydrazone groups is 1. The predicted octanol–water partition coefficient (Wildman–Crippen LogP) is 1.26. The number of urea groups is 1. The quantitative estimate of drug-likeness (QED) is 0.390. The van der Waals surface area contributed by atoms with E-state index in [-0.39, 0.29) is 4.92 Å². The molecule has 0 fully saturated rings. The topological polar surface area (TPSA) is 111 Å². The first kappa shape index (κ1) is 14.3. The number of carbonyl (C=O) groups excluding carboxylic acids is 1. The Morgan fingerprint density at radius 3 is 2.62 bits per heavy atom. The van der Waals surface area contributed by atoms with Crippen LogP contribution in [0, 0.1) is 10.1 Å². The van der Waals surface area contributed by atoms with Gasteiger partial charge in [0, 0.05) is 23.5 Å². The third-order valence-electron chi connectivity index (χ3n) is 2.12. The number of nitro groups is 1. The lowest BCUT2D eigenvalue weighted by Gasteiger charge is -2.07. The Bertz CT molecular complexity index is 278. The van der Waals surface area contributed by atoms with Crippen LogP contribution in [0.1, 0.15) is 39.5 Å². The molecule has 0 bridgehead atoms. The van der Waals surface area contributed by atoms with Gasteiger partial charge in [0.05, 0.1) is 0 Å². The van der Waals surface area contributed by atoms with Crippen molar-refractivity contribution in [1.82, 2.24) is 5.43 Å². The summed E-state index contributed by atoms with van der Waals surface area (Å²) in [5.74, 6) is 0. The fourth-order valence-electron chi connectivity index (χ4n) is 1.27. The van der Waals surface area contributed by atoms with Crippen molar-refractivity contribution in [3.05, 3.63) is 10.1 Å². The molecule has 2 amide bonds. The molecule has 92 valence electrons. The van der Waals surface area contributed by atoms with E-state index in [1.807, 2.05) is 6.92 Å². The van der Waals surface area contributed by atoms with Crippen molar-refractivity contribution in [1.29, 1.82) is 0 Å². The van der Waals surface area contributed by atoms with Crippen LogP contribution in [0.3, 0.4) is 0 Å². The van der Waals surface area contributed by atoms with Gasteiger partial charge >= 0.3 is 6.03 Å². The second-order valence-electron chi connectivity index (χ2n) is 3.59. The van der Waals surface area contributed by atoms with Crippen LogP contribution in [-0.2, 0) is 0 Å². The molecule has 0 aliphatic heterocycles. The summed E-state index contributed by atoms with van der Waals surface area (Å²) < 4.78 is 0. The first-order valence-electron chi connectivity index (χ1n) is 5.19. The van der Waals surface area contributed by atoms with Crippen LogP contribution < -0.4 is 11.2 Å². The molecular formula is C9H18N4O3. The molecule has 7 nitrogen and oxygen atoms in total. The fourth-order valence-corrected chi connectivity index (χ4v) is 1.27. The lowest BCUT2D eigenvalue weighted by molar-refractivity contribution is -0.524. The van der Waals surface area contributed by atoms with Gasteiger partial charge in [0.15, 0.2) is 0 Å². The summed E-state index contributed by atoms with van der Waals surface area (Å²) in [4.78, 5) is 20.7. The number of nitrogens with two attached hydrogens (primary N) is 1. The van der Waals surface area contributed by atoms with Crippen molar-refractivity contribution in [2.45, 2.75) is 45.6 Å². The number of carbonyl (C=O) groups is 1. The highest BCUT2D eigenvalue weighted by molar-refractivity contribution is 5.83. The molecule has 3 N–H and O–H groups in total. The van der Waals surface area contributed by atoms with E-state index in [2.05, 4.69) is 10.5 Å². The summed E-state index contributed by atoms with van der Waals surface area (Å²) in [6, 6.07) is -1.28. The number of rotatable bonds is 7. The molecule has 0 aliphatic carbocycles. The Morgan fingerprint density at radius 1 is 1.56 bits per heavy atom. The Hall–Kier alpha value is -1.66. The molecule has 0 spiro atoms. The van der Waals surface area contributed by atoms with E-state index < -0.39 is 12.1 Å². The van der Waals surface area contributed by atoms with Crippen molar-refractivity contribution < 1.29 is 9.72 Å². The van der Waals surface area contributed by atoms with Gasteiger partial charge in [-0.15, -0.1) is 0 Å². The van der Waals surface area contributed by atoms with E-state index in [1.54, 1.807) is 6.92 Å². The van der Waals surface area contributed by atoms with Gasteiger partial charge in [0.1, 0.15) is 0 Å². The van der Waals surface area contributed by atoms with Crippen LogP contribution in [0.4, 0.5) is 4.79 Å². The summed E-state index contributed by atoms with van der Waals surface area (Å²) >= 11 is 0. The van der Waals surface area contributed by atoms with Crippen LogP contribution in [-0.4, -0.2) is 22.7 Å². The maximum atomic E-state index is 10.6. The van der Waals surface area contributed by atoms with Gasteiger partial charge in [0.25, 0.3) is 0 Å². The van der Waals surface area contributed by atoms with Gasteiger partial charge in [-0.3, -0.25) is 10.1 Å². The molecule has 0 heterocycles. The van der Waals surface area contributed by atoms with Crippen LogP contribution in [0.25, 0.3) is 0 Å². The zero-order valence-electron chi connectivity index (χ0n) is 9.60. The second kappa shape index (κ2) is 7.61. The van der Waals surface area contributed by atoms with E-state index in [4.69, 9.17) is 5.73 Å². The Morgan fingerprint density at radius 2 is 2.19 bits per heavy atom. The molecule has 0 aromatic heterocycles. The average molecular weight is 230 g/mol. The van der Waals surface area contributed by atoms with Crippen molar-refractivity contribution in [3.63, 3.8) is 0 Å². The normalized spacial score (nSPS) is 13.2. The number of nitrogens with zero attached hydrogens (tertiary/aromatic N) is 2. The van der Waals surface area contributed by atoms with E-state index in [1.165, 1.54) is 0 Å². The highest BCUT2D eigenvalue weighted by Gasteiger charge is 2.18. The molecule has 0 rings (SSSR count). The van der Waals surface area contributed by atoms with Crippen molar-refractivity contribution in [3.8, 4) is 0 Å². The first-order chi connectivity index (χ1) is 7.47. The van der Waals surface area contributed by atoms with Gasteiger partial charge < -0.3 is 5.73 Å². The minimum atomic E-state index is -0.737. The summed E-state index contributed by atoms with van der Waals surface area (Å²) in [6.07, 6.45) is 2.24. The SMILES string of the molecule is CCC[C@H](CCC(C)=NNC(N)=O)[N+](=O)[O-]. The van der Waals surface area contributed by atoms with Gasteiger partial charge in [0.2, 0.25) is 6.04 Å². The van der Waals surface area contributed by atoms with Crippen molar-refractivity contribution in [2.24, 2.45) is 10.8 Å². The number of hydrogen-bond acceptors (Lipinski definition) is 4. The van der Waals surface area contributed by atoms with Crippen molar-refractivity contribution in [2.75, 3.05) is 0 Å². The average Bonchev–Trinajstić information content (AvgIpc) is 2.20. The molecule has 0 aromatic carbocycles. The van der Waals surface area contributed by atoms with Gasteiger partial charge in [-0.05, 0) is 19.8 Å². The van der Waals surface area contributed by atoms with Crippen molar-refractivity contribution >= 4 is 11.7 Å². The number of hydrogen-bond donors (Lipinski definition) is 2. The highest BCUT2D eigenvalue weighted by atomic mass is 16.6. The number of primary amides is 1. The molecule has 0 saturated heterocycles. The van der Waals surface area contributed by atoms with E-state index >= 15 is 0 Å². The summed E-state index contributed by atoms with van der Waals surface area (Å²) in [5.41, 5.74) is 7.54. The van der Waals surface area contributed by atoms with Crippen LogP contribution in [0.2, 0.25) is 0 Å². The largest absolute Gasteiger partial charge is 0.350 e. The molecule has 1 atom stereocenters. The maximum Gasteiger partial charge on any atom is 0.332 e. The van der Waals surface area contributed by atoms with E-state index in [0.717, 1.165) is 6.42 Å². The zero-order chi connectivity index (χ0) is 12.6. The van der Waals surface area contributed by atoms with Gasteiger partial charge in [-0.25, -0.2) is 10.2 Å². The standard InChI is InChI=1S/C9H18N4O3/c1-3-4-8(13(15)16)6-5-7(2)11-12-9(10)14/h8H,3-6H2,1-2H3,(H3,10,12,14)/t8-/m1/s1. The number of nitrogens with one attached hydrogen (secondary N) is 1. The Labute approximate surface area is 94.2 Å². The fraction of sp³-hybridized carbons (Fsp3) is 0.778. The summed E-state index contributed by atoms with van der Waals surface area (Å²) in [5, 5.41) is 14.3. The first-order valence-corrected chi connectivity index (χ1v) is 5.19. The highest BCUT2D eigenvalue weighted by Crippen LogP contribution is 2.09. The molecule has 0 radical (unpaired) electrons. The Balaban J connectivity index is 4.04. The number of amides is 2.